The van der Waals surface area contributed by atoms with Crippen molar-refractivity contribution in [1.29, 1.82) is 0 Å². The van der Waals surface area contributed by atoms with Crippen molar-refractivity contribution in [2.24, 2.45) is 7.05 Å². The zero-order chi connectivity index (χ0) is 17.2. The Morgan fingerprint density at radius 3 is 2.38 bits per heavy atom. The number of urea groups is 1. The van der Waals surface area contributed by atoms with E-state index in [-0.39, 0.29) is 6.03 Å². The highest BCUT2D eigenvalue weighted by Gasteiger charge is 2.27. The molecule has 0 unspecified atom stereocenters. The van der Waals surface area contributed by atoms with Gasteiger partial charge < -0.3 is 5.32 Å². The lowest BCUT2D eigenvalue weighted by Crippen LogP contribution is -2.30. The van der Waals surface area contributed by atoms with Crippen LogP contribution in [0.4, 0.5) is 10.6 Å². The first-order valence-electron chi connectivity index (χ1n) is 9.79. The number of hydrogen-bond acceptors (Lipinski definition) is 2. The van der Waals surface area contributed by atoms with Crippen molar-refractivity contribution in [2.45, 2.75) is 83.5 Å². The van der Waals surface area contributed by atoms with Crippen molar-refractivity contribution in [3.63, 3.8) is 0 Å². The van der Waals surface area contributed by atoms with Crippen LogP contribution in [0.1, 0.15) is 89.2 Å². The predicted octanol–water partition coefficient (Wildman–Crippen LogP) is 4.95. The third-order valence-electron chi connectivity index (χ3n) is 4.70. The molecule has 1 fully saturated rings. The Morgan fingerprint density at radius 1 is 1.12 bits per heavy atom. The molecule has 1 saturated carbocycles. The van der Waals surface area contributed by atoms with Gasteiger partial charge in [0.15, 0.2) is 0 Å². The molecule has 2 amide bonds. The van der Waals surface area contributed by atoms with E-state index < -0.39 is 0 Å². The normalized spacial score (nSPS) is 13.9. The molecule has 0 saturated heterocycles. The van der Waals surface area contributed by atoms with Crippen molar-refractivity contribution in [3.05, 3.63) is 11.8 Å². The van der Waals surface area contributed by atoms with Crippen LogP contribution in [0.3, 0.4) is 0 Å². The van der Waals surface area contributed by atoms with E-state index >= 15 is 0 Å². The largest absolute Gasteiger partial charge is 0.338 e. The molecule has 1 aliphatic carbocycles. The van der Waals surface area contributed by atoms with E-state index in [0.29, 0.717) is 5.92 Å². The molecule has 0 aromatic carbocycles. The number of aryl methyl sites for hydroxylation is 1. The molecule has 24 heavy (non-hydrogen) atoms. The first-order valence-corrected chi connectivity index (χ1v) is 9.79. The Hall–Kier alpha value is -1.52. The fourth-order valence-electron chi connectivity index (χ4n) is 2.98. The summed E-state index contributed by atoms with van der Waals surface area (Å²) < 4.78 is 1.76. The lowest BCUT2D eigenvalue weighted by Gasteiger charge is -2.07. The second kappa shape index (κ2) is 10.4. The monoisotopic (exact) mass is 334 g/mol. The molecule has 1 aromatic rings. The molecule has 1 aromatic heterocycles. The number of anilines is 1. The molecule has 2 N–H and O–H groups in total. The minimum absolute atomic E-state index is 0.125. The van der Waals surface area contributed by atoms with Crippen molar-refractivity contribution in [3.8, 4) is 0 Å². The van der Waals surface area contributed by atoms with Gasteiger partial charge in [-0.05, 0) is 19.3 Å². The Bertz CT molecular complexity index is 494. The molecular formula is C19H34N4O. The number of rotatable bonds is 12. The fraction of sp³-hybridized carbons (Fsp3) is 0.789. The molecule has 5 nitrogen and oxygen atoms in total. The first kappa shape index (κ1) is 18.8. The van der Waals surface area contributed by atoms with E-state index in [9.17, 15) is 4.79 Å². The van der Waals surface area contributed by atoms with Gasteiger partial charge in [-0.2, -0.15) is 5.10 Å². The highest BCUT2D eigenvalue weighted by Crippen LogP contribution is 2.39. The van der Waals surface area contributed by atoms with Gasteiger partial charge in [0.05, 0.1) is 5.69 Å². The number of carbonyl (C=O) groups excluding carboxylic acids is 1. The van der Waals surface area contributed by atoms with Crippen LogP contribution in [0.15, 0.2) is 6.07 Å². The van der Waals surface area contributed by atoms with Crippen molar-refractivity contribution >= 4 is 11.8 Å². The average molecular weight is 335 g/mol. The third kappa shape index (κ3) is 6.93. The Morgan fingerprint density at radius 2 is 1.75 bits per heavy atom. The van der Waals surface area contributed by atoms with E-state index in [1.165, 1.54) is 64.2 Å². The summed E-state index contributed by atoms with van der Waals surface area (Å²) in [7, 11) is 1.88. The average Bonchev–Trinajstić information content (AvgIpc) is 3.34. The van der Waals surface area contributed by atoms with Gasteiger partial charge in [-0.1, -0.05) is 58.3 Å². The minimum atomic E-state index is -0.125. The summed E-state index contributed by atoms with van der Waals surface area (Å²) in [5.74, 6) is 1.39. The molecule has 1 aliphatic rings. The molecule has 0 radical (unpaired) electrons. The standard InChI is InChI=1S/C19H34N4O/c1-3-4-5-6-7-8-9-10-11-14-20-19(24)21-18-15-17(16-12-13-16)22-23(18)2/h15-16H,3-14H2,1-2H3,(H2,20,21,24). The number of nitrogens with one attached hydrogen (secondary N) is 2. The van der Waals surface area contributed by atoms with E-state index in [4.69, 9.17) is 0 Å². The maximum atomic E-state index is 11.9. The summed E-state index contributed by atoms with van der Waals surface area (Å²) in [6, 6.07) is 1.87. The highest BCUT2D eigenvalue weighted by molar-refractivity contribution is 5.88. The van der Waals surface area contributed by atoms with Crippen molar-refractivity contribution in [2.75, 3.05) is 11.9 Å². The van der Waals surface area contributed by atoms with Crippen LogP contribution in [-0.2, 0) is 7.05 Å². The molecular weight excluding hydrogens is 300 g/mol. The van der Waals surface area contributed by atoms with E-state index in [1.54, 1.807) is 4.68 Å². The lowest BCUT2D eigenvalue weighted by atomic mass is 10.1. The summed E-state index contributed by atoms with van der Waals surface area (Å²) in [4.78, 5) is 11.9. The molecule has 5 heteroatoms. The van der Waals surface area contributed by atoms with Gasteiger partial charge in [0, 0.05) is 25.6 Å². The van der Waals surface area contributed by atoms with Crippen LogP contribution in [0.2, 0.25) is 0 Å². The molecule has 1 heterocycles. The number of nitrogens with zero attached hydrogens (tertiary/aromatic N) is 2. The van der Waals surface area contributed by atoms with Crippen molar-refractivity contribution in [1.82, 2.24) is 15.1 Å². The zero-order valence-corrected chi connectivity index (χ0v) is 15.4. The topological polar surface area (TPSA) is 59.0 Å². The summed E-state index contributed by atoms with van der Waals surface area (Å²) in [6.45, 7) is 3.00. The Labute approximate surface area is 146 Å². The molecule has 2 rings (SSSR count). The Kier molecular flexibility index (Phi) is 8.13. The van der Waals surface area contributed by atoms with Gasteiger partial charge in [0.2, 0.25) is 0 Å². The number of carbonyl (C=O) groups is 1. The number of aromatic nitrogens is 2. The van der Waals surface area contributed by atoms with Crippen molar-refractivity contribution < 1.29 is 4.79 Å². The second-order valence-corrected chi connectivity index (χ2v) is 7.06. The first-order chi connectivity index (χ1) is 11.7. The SMILES string of the molecule is CCCCCCCCCCCNC(=O)Nc1cc(C2CC2)nn1C. The Balaban J connectivity index is 1.48. The smallest absolute Gasteiger partial charge is 0.320 e. The molecule has 0 bridgehead atoms. The van der Waals surface area contributed by atoms with Crippen LogP contribution >= 0.6 is 0 Å². The highest BCUT2D eigenvalue weighted by atomic mass is 16.2. The second-order valence-electron chi connectivity index (χ2n) is 7.06. The van der Waals surface area contributed by atoms with E-state index in [2.05, 4.69) is 22.7 Å². The maximum Gasteiger partial charge on any atom is 0.320 e. The molecule has 136 valence electrons. The maximum absolute atomic E-state index is 11.9. The van der Waals surface area contributed by atoms with Gasteiger partial charge in [-0.15, -0.1) is 0 Å². The summed E-state index contributed by atoms with van der Waals surface area (Å²) >= 11 is 0. The predicted molar refractivity (Wildman–Crippen MR) is 99.4 cm³/mol. The van der Waals surface area contributed by atoms with Crippen LogP contribution in [0, 0.1) is 0 Å². The third-order valence-corrected chi connectivity index (χ3v) is 4.70. The van der Waals surface area contributed by atoms with Gasteiger partial charge in [-0.25, -0.2) is 4.79 Å². The van der Waals surface area contributed by atoms with E-state index in [1.807, 2.05) is 13.1 Å². The summed E-state index contributed by atoms with van der Waals surface area (Å²) in [5.41, 5.74) is 1.10. The minimum Gasteiger partial charge on any atom is -0.338 e. The quantitative estimate of drug-likeness (QED) is 0.531. The van der Waals surface area contributed by atoms with E-state index in [0.717, 1.165) is 24.5 Å². The van der Waals surface area contributed by atoms with Gasteiger partial charge in [-0.3, -0.25) is 10.00 Å². The van der Waals surface area contributed by atoms with Gasteiger partial charge in [0.1, 0.15) is 5.82 Å². The molecule has 0 atom stereocenters. The van der Waals surface area contributed by atoms with Gasteiger partial charge >= 0.3 is 6.03 Å². The van der Waals surface area contributed by atoms with Crippen LogP contribution in [-0.4, -0.2) is 22.4 Å². The zero-order valence-electron chi connectivity index (χ0n) is 15.4. The number of unbranched alkanes of at least 4 members (excludes halogenated alkanes) is 8. The lowest BCUT2D eigenvalue weighted by molar-refractivity contribution is 0.251. The van der Waals surface area contributed by atoms with Gasteiger partial charge in [0.25, 0.3) is 0 Å². The summed E-state index contributed by atoms with van der Waals surface area (Å²) in [6.07, 6.45) is 14.1. The molecule has 0 aliphatic heterocycles. The van der Waals surface area contributed by atoms with Crippen LogP contribution in [0.25, 0.3) is 0 Å². The van der Waals surface area contributed by atoms with Crippen LogP contribution < -0.4 is 10.6 Å². The number of amides is 2. The number of hydrogen-bond donors (Lipinski definition) is 2. The summed E-state index contributed by atoms with van der Waals surface area (Å²) in [5, 5.41) is 10.3. The van der Waals surface area contributed by atoms with Crippen LogP contribution in [0.5, 0.6) is 0 Å². The fourth-order valence-corrected chi connectivity index (χ4v) is 2.98. The molecule has 0 spiro atoms.